The fraction of sp³-hybridized carbons (Fsp3) is 0.500. The Labute approximate surface area is 125 Å². The van der Waals surface area contributed by atoms with Crippen LogP contribution < -0.4 is 4.90 Å². The first-order valence-corrected chi connectivity index (χ1v) is 9.59. The third-order valence-corrected chi connectivity index (χ3v) is 4.39. The van der Waals surface area contributed by atoms with E-state index in [2.05, 4.69) is 0 Å². The maximum Gasteiger partial charge on any atom is 0.264 e. The van der Waals surface area contributed by atoms with E-state index in [1.54, 1.807) is 0 Å². The van der Waals surface area contributed by atoms with E-state index in [1.165, 1.54) is 0 Å². The Morgan fingerprint density at radius 2 is 1.24 bits per heavy atom. The summed E-state index contributed by atoms with van der Waals surface area (Å²) in [7, 11) is -8.02. The summed E-state index contributed by atoms with van der Waals surface area (Å²) in [5.74, 6) is -0.705. The Bertz CT molecular complexity index is 589. The van der Waals surface area contributed by atoms with Gasteiger partial charge in [-0.3, -0.25) is 9.11 Å². The van der Waals surface area contributed by atoms with Crippen LogP contribution in [0.5, 0.6) is 0 Å². The maximum absolute atomic E-state index is 10.7. The van der Waals surface area contributed by atoms with Crippen molar-refractivity contribution in [3.63, 3.8) is 0 Å². The largest absolute Gasteiger partial charge is 0.371 e. The van der Waals surface area contributed by atoms with E-state index in [0.29, 0.717) is 13.1 Å². The van der Waals surface area contributed by atoms with Crippen LogP contribution in [0.25, 0.3) is 0 Å². The summed E-state index contributed by atoms with van der Waals surface area (Å²) >= 11 is 0. The number of hydrogen-bond acceptors (Lipinski definition) is 5. The Hall–Kier alpha value is -1.16. The zero-order chi connectivity index (χ0) is 15.9. The molecule has 0 saturated carbocycles. The molecule has 0 aromatic heterocycles. The lowest BCUT2D eigenvalue weighted by molar-refractivity contribution is 0.480. The van der Waals surface area contributed by atoms with Crippen LogP contribution in [0, 0.1) is 0 Å². The van der Waals surface area contributed by atoms with Gasteiger partial charge in [-0.25, -0.2) is 0 Å². The summed E-state index contributed by atoms with van der Waals surface area (Å²) in [5, 5.41) is 0. The third kappa shape index (κ3) is 8.66. The van der Waals surface area contributed by atoms with Crippen LogP contribution in [-0.2, 0) is 20.2 Å². The molecule has 0 spiro atoms. The predicted octanol–water partition coefficient (Wildman–Crippen LogP) is 1.05. The van der Waals surface area contributed by atoms with Crippen molar-refractivity contribution in [2.75, 3.05) is 29.5 Å². The van der Waals surface area contributed by atoms with E-state index < -0.39 is 20.2 Å². The minimum atomic E-state index is -4.01. The monoisotopic (exact) mass is 337 g/mol. The highest BCUT2D eigenvalue weighted by molar-refractivity contribution is 7.86. The number of anilines is 1. The van der Waals surface area contributed by atoms with Crippen LogP contribution in [0.15, 0.2) is 30.3 Å². The van der Waals surface area contributed by atoms with Crippen molar-refractivity contribution < 1.29 is 25.9 Å². The number of hydrogen-bond donors (Lipinski definition) is 2. The van der Waals surface area contributed by atoms with Gasteiger partial charge in [-0.15, -0.1) is 0 Å². The van der Waals surface area contributed by atoms with E-state index in [9.17, 15) is 16.8 Å². The van der Waals surface area contributed by atoms with Gasteiger partial charge in [0.15, 0.2) is 0 Å². The normalized spacial score (nSPS) is 12.3. The molecular formula is C12H19NO6S2. The number of nitrogens with zero attached hydrogens (tertiary/aromatic N) is 1. The van der Waals surface area contributed by atoms with E-state index in [4.69, 9.17) is 9.11 Å². The highest BCUT2D eigenvalue weighted by Gasteiger charge is 2.11. The molecule has 0 aliphatic rings. The van der Waals surface area contributed by atoms with E-state index in [1.807, 2.05) is 35.2 Å². The second-order valence-electron chi connectivity index (χ2n) is 4.60. The second-order valence-corrected chi connectivity index (χ2v) is 7.75. The lowest BCUT2D eigenvalue weighted by Gasteiger charge is -2.24. The van der Waals surface area contributed by atoms with Gasteiger partial charge in [0.1, 0.15) is 0 Å². The number of rotatable bonds is 9. The van der Waals surface area contributed by atoms with Gasteiger partial charge in [0.05, 0.1) is 11.5 Å². The molecule has 9 heteroatoms. The lowest BCUT2D eigenvalue weighted by atomic mass is 10.2. The lowest BCUT2D eigenvalue weighted by Crippen LogP contribution is -2.28. The van der Waals surface area contributed by atoms with Gasteiger partial charge in [0.25, 0.3) is 20.2 Å². The molecule has 0 unspecified atom stereocenters. The molecule has 0 bridgehead atoms. The first kappa shape index (κ1) is 17.9. The average molecular weight is 337 g/mol. The average Bonchev–Trinajstić information content (AvgIpc) is 2.35. The third-order valence-electron chi connectivity index (χ3n) is 2.78. The molecule has 7 nitrogen and oxygen atoms in total. The standard InChI is InChI=1S/C12H19NO6S2/c14-20(15,16)10-4-8-13(9-5-11-21(17,18)19)12-6-2-1-3-7-12/h1-3,6-7H,4-5,8-11H2,(H,14,15,16)(H,17,18,19). The SMILES string of the molecule is O=S(=O)(O)CCCN(CCCS(=O)(=O)O)c1ccccc1. The zero-order valence-corrected chi connectivity index (χ0v) is 13.1. The molecule has 0 atom stereocenters. The first-order chi connectivity index (χ1) is 9.67. The zero-order valence-electron chi connectivity index (χ0n) is 11.4. The minimum Gasteiger partial charge on any atom is -0.371 e. The molecule has 120 valence electrons. The van der Waals surface area contributed by atoms with Crippen LogP contribution >= 0.6 is 0 Å². The van der Waals surface area contributed by atoms with Crippen molar-refractivity contribution in [2.24, 2.45) is 0 Å². The van der Waals surface area contributed by atoms with Gasteiger partial charge < -0.3 is 4.90 Å². The number of para-hydroxylation sites is 1. The van der Waals surface area contributed by atoms with Gasteiger partial charge in [-0.1, -0.05) is 18.2 Å². The molecule has 0 saturated heterocycles. The van der Waals surface area contributed by atoms with E-state index in [0.717, 1.165) is 5.69 Å². The Balaban J connectivity index is 2.62. The van der Waals surface area contributed by atoms with Crippen molar-refractivity contribution in [1.29, 1.82) is 0 Å². The molecule has 1 aromatic carbocycles. The Morgan fingerprint density at radius 3 is 1.62 bits per heavy atom. The van der Waals surface area contributed by atoms with Gasteiger partial charge in [-0.2, -0.15) is 16.8 Å². The highest BCUT2D eigenvalue weighted by atomic mass is 32.2. The summed E-state index contributed by atoms with van der Waals surface area (Å²) in [6, 6.07) is 9.10. The van der Waals surface area contributed by atoms with Crippen LogP contribution in [0.1, 0.15) is 12.8 Å². The maximum atomic E-state index is 10.7. The van der Waals surface area contributed by atoms with Crippen molar-refractivity contribution in [2.45, 2.75) is 12.8 Å². The summed E-state index contributed by atoms with van der Waals surface area (Å²) in [6.45, 7) is 0.713. The molecule has 2 N–H and O–H groups in total. The van der Waals surface area contributed by atoms with Gasteiger partial charge in [-0.05, 0) is 25.0 Å². The molecule has 1 aromatic rings. The van der Waals surface area contributed by atoms with Crippen molar-refractivity contribution in [3.8, 4) is 0 Å². The summed E-state index contributed by atoms with van der Waals surface area (Å²) < 4.78 is 60.3. The molecule has 21 heavy (non-hydrogen) atoms. The molecule has 0 radical (unpaired) electrons. The fourth-order valence-electron chi connectivity index (χ4n) is 1.88. The van der Waals surface area contributed by atoms with E-state index >= 15 is 0 Å². The molecular weight excluding hydrogens is 318 g/mol. The summed E-state index contributed by atoms with van der Waals surface area (Å²) in [5.41, 5.74) is 0.822. The van der Waals surface area contributed by atoms with Gasteiger partial charge in [0.2, 0.25) is 0 Å². The van der Waals surface area contributed by atoms with Crippen LogP contribution in [0.3, 0.4) is 0 Å². The fourth-order valence-corrected chi connectivity index (χ4v) is 2.87. The summed E-state index contributed by atoms with van der Waals surface area (Å²) in [6.07, 6.45) is 0.444. The van der Waals surface area contributed by atoms with Crippen molar-refractivity contribution >= 4 is 25.9 Å². The van der Waals surface area contributed by atoms with Crippen molar-refractivity contribution in [3.05, 3.63) is 30.3 Å². The van der Waals surface area contributed by atoms with Crippen molar-refractivity contribution in [1.82, 2.24) is 0 Å². The molecule has 0 aliphatic carbocycles. The van der Waals surface area contributed by atoms with Crippen LogP contribution in [0.4, 0.5) is 5.69 Å². The molecule has 0 heterocycles. The van der Waals surface area contributed by atoms with Crippen LogP contribution in [-0.4, -0.2) is 50.5 Å². The highest BCUT2D eigenvalue weighted by Crippen LogP contribution is 2.14. The quantitative estimate of drug-likeness (QED) is 0.648. The Kier molecular flexibility index (Phi) is 6.59. The van der Waals surface area contributed by atoms with Gasteiger partial charge >= 0.3 is 0 Å². The van der Waals surface area contributed by atoms with Gasteiger partial charge in [0, 0.05) is 18.8 Å². The molecule has 0 aliphatic heterocycles. The van der Waals surface area contributed by atoms with Crippen LogP contribution in [0.2, 0.25) is 0 Å². The minimum absolute atomic E-state index is 0.222. The summed E-state index contributed by atoms with van der Waals surface area (Å²) in [4.78, 5) is 1.82. The molecule has 0 fully saturated rings. The topological polar surface area (TPSA) is 112 Å². The molecule has 0 amide bonds. The predicted molar refractivity (Wildman–Crippen MR) is 80.7 cm³/mol. The molecule has 1 rings (SSSR count). The smallest absolute Gasteiger partial charge is 0.264 e. The number of benzene rings is 1. The van der Waals surface area contributed by atoms with E-state index in [-0.39, 0.29) is 24.3 Å². The Morgan fingerprint density at radius 1 is 0.810 bits per heavy atom. The second kappa shape index (κ2) is 7.74. The first-order valence-electron chi connectivity index (χ1n) is 6.38.